The van der Waals surface area contributed by atoms with Crippen LogP contribution in [0.3, 0.4) is 0 Å². The fourth-order valence-electron chi connectivity index (χ4n) is 1.41. The average Bonchev–Trinajstić information content (AvgIpc) is 2.37. The molecule has 1 rings (SSSR count). The first-order valence-corrected chi connectivity index (χ1v) is 5.80. The Kier molecular flexibility index (Phi) is 5.53. The molecule has 0 heterocycles. The third-order valence-electron chi connectivity index (χ3n) is 2.25. The molecule has 0 saturated heterocycles. The Morgan fingerprint density at radius 3 is 2.53 bits per heavy atom. The molecule has 1 aromatic carbocycles. The van der Waals surface area contributed by atoms with Gasteiger partial charge in [-0.3, -0.25) is 4.79 Å². The van der Waals surface area contributed by atoms with E-state index in [1.165, 1.54) is 6.07 Å². The van der Waals surface area contributed by atoms with Gasteiger partial charge in [-0.1, -0.05) is 12.1 Å². The van der Waals surface area contributed by atoms with Crippen molar-refractivity contribution in [1.29, 1.82) is 0 Å². The lowest BCUT2D eigenvalue weighted by Gasteiger charge is -2.10. The lowest BCUT2D eigenvalue weighted by atomic mass is 10.1. The number of amides is 1. The van der Waals surface area contributed by atoms with Crippen LogP contribution in [0.5, 0.6) is 0 Å². The van der Waals surface area contributed by atoms with Gasteiger partial charge >= 0.3 is 5.97 Å². The second-order valence-electron chi connectivity index (χ2n) is 3.69. The summed E-state index contributed by atoms with van der Waals surface area (Å²) in [7, 11) is 0. The number of benzene rings is 1. The third-order valence-corrected chi connectivity index (χ3v) is 2.25. The van der Waals surface area contributed by atoms with Crippen LogP contribution < -0.4 is 10.4 Å². The summed E-state index contributed by atoms with van der Waals surface area (Å²) >= 11 is 0. The van der Waals surface area contributed by atoms with Gasteiger partial charge in [0.15, 0.2) is 0 Å². The molecule has 0 radical (unpaired) electrons. The minimum Gasteiger partial charge on any atom is -0.550 e. The predicted octanol–water partition coefficient (Wildman–Crippen LogP) is 0.332. The first-order valence-electron chi connectivity index (χ1n) is 5.80. The molecule has 0 fully saturated rings. The van der Waals surface area contributed by atoms with Gasteiger partial charge in [-0.25, -0.2) is 4.79 Å². The number of hydrogen-bond donors (Lipinski definition) is 1. The smallest absolute Gasteiger partial charge is 0.340 e. The largest absolute Gasteiger partial charge is 0.550 e. The third kappa shape index (κ3) is 4.79. The number of carboxylic acids is 1. The maximum Gasteiger partial charge on any atom is 0.340 e. The van der Waals surface area contributed by atoms with Crippen LogP contribution in [0.4, 0.5) is 5.69 Å². The first-order chi connectivity index (χ1) is 9.04. The summed E-state index contributed by atoms with van der Waals surface area (Å²) in [5, 5.41) is 12.7. The van der Waals surface area contributed by atoms with Crippen molar-refractivity contribution in [3.8, 4) is 0 Å². The van der Waals surface area contributed by atoms with E-state index in [1.54, 1.807) is 25.1 Å². The van der Waals surface area contributed by atoms with Crippen LogP contribution in [0.25, 0.3) is 0 Å². The number of anilines is 1. The molecule has 0 aliphatic heterocycles. The molecule has 19 heavy (non-hydrogen) atoms. The summed E-state index contributed by atoms with van der Waals surface area (Å²) in [5.74, 6) is -2.34. The molecule has 0 aliphatic carbocycles. The summed E-state index contributed by atoms with van der Waals surface area (Å²) in [4.78, 5) is 33.4. The molecule has 1 aromatic rings. The van der Waals surface area contributed by atoms with Crippen LogP contribution >= 0.6 is 0 Å². The van der Waals surface area contributed by atoms with Crippen LogP contribution in [-0.4, -0.2) is 24.5 Å². The van der Waals surface area contributed by atoms with Crippen molar-refractivity contribution in [1.82, 2.24) is 0 Å². The highest BCUT2D eigenvalue weighted by molar-refractivity contribution is 6.01. The van der Waals surface area contributed by atoms with Crippen LogP contribution in [0, 0.1) is 0 Å². The molecule has 102 valence electrons. The number of carbonyl (C=O) groups excluding carboxylic acids is 3. The Morgan fingerprint density at radius 2 is 1.89 bits per heavy atom. The molecule has 0 atom stereocenters. The summed E-state index contributed by atoms with van der Waals surface area (Å²) in [6.45, 7) is 1.91. The maximum absolute atomic E-state index is 11.6. The van der Waals surface area contributed by atoms with Crippen LogP contribution in [0.2, 0.25) is 0 Å². The number of para-hydroxylation sites is 1. The van der Waals surface area contributed by atoms with Crippen LogP contribution in [0.15, 0.2) is 24.3 Å². The van der Waals surface area contributed by atoms with Gasteiger partial charge in [-0.15, -0.1) is 0 Å². The van der Waals surface area contributed by atoms with Crippen molar-refractivity contribution in [2.45, 2.75) is 19.8 Å². The predicted molar refractivity (Wildman–Crippen MR) is 65.3 cm³/mol. The molecule has 1 N–H and O–H groups in total. The summed E-state index contributed by atoms with van der Waals surface area (Å²) in [6, 6.07) is 6.36. The number of nitrogens with one attached hydrogen (secondary N) is 1. The van der Waals surface area contributed by atoms with E-state index in [1.807, 2.05) is 0 Å². The fraction of sp³-hybridized carbons (Fsp3) is 0.308. The Hall–Kier alpha value is -2.37. The van der Waals surface area contributed by atoms with Crippen molar-refractivity contribution in [2.24, 2.45) is 0 Å². The number of esters is 1. The molecular formula is C13H14NO5-. The first kappa shape index (κ1) is 14.7. The average molecular weight is 264 g/mol. The Balaban J connectivity index is 2.75. The topological polar surface area (TPSA) is 95.5 Å². The van der Waals surface area contributed by atoms with Crippen molar-refractivity contribution in [3.05, 3.63) is 29.8 Å². The van der Waals surface area contributed by atoms with E-state index in [0.29, 0.717) is 5.69 Å². The van der Waals surface area contributed by atoms with Gasteiger partial charge < -0.3 is 20.0 Å². The molecule has 0 spiro atoms. The monoisotopic (exact) mass is 264 g/mol. The van der Waals surface area contributed by atoms with Crippen molar-refractivity contribution in [3.63, 3.8) is 0 Å². The Morgan fingerprint density at radius 1 is 1.21 bits per heavy atom. The van der Waals surface area contributed by atoms with Crippen molar-refractivity contribution < 1.29 is 24.2 Å². The number of aliphatic carboxylic acids is 1. The molecule has 0 aromatic heterocycles. The van der Waals surface area contributed by atoms with E-state index in [9.17, 15) is 19.5 Å². The van der Waals surface area contributed by atoms with Gasteiger partial charge in [-0.2, -0.15) is 0 Å². The molecular weight excluding hydrogens is 250 g/mol. The van der Waals surface area contributed by atoms with Crippen LogP contribution in [-0.2, 0) is 14.3 Å². The number of ether oxygens (including phenoxy) is 1. The summed E-state index contributed by atoms with van der Waals surface area (Å²) < 4.78 is 4.85. The molecule has 0 saturated carbocycles. The molecule has 1 amide bonds. The van der Waals surface area contributed by atoms with E-state index < -0.39 is 17.8 Å². The van der Waals surface area contributed by atoms with Crippen LogP contribution in [0.1, 0.15) is 30.1 Å². The van der Waals surface area contributed by atoms with E-state index in [0.717, 1.165) is 0 Å². The normalized spacial score (nSPS) is 9.74. The highest BCUT2D eigenvalue weighted by atomic mass is 16.5. The second-order valence-corrected chi connectivity index (χ2v) is 3.69. The number of hydrogen-bond acceptors (Lipinski definition) is 5. The fourth-order valence-corrected chi connectivity index (χ4v) is 1.41. The molecule has 0 unspecified atom stereocenters. The van der Waals surface area contributed by atoms with Gasteiger partial charge in [0.05, 0.1) is 17.9 Å². The summed E-state index contributed by atoms with van der Waals surface area (Å²) in [5.41, 5.74) is 0.524. The molecule has 0 aliphatic rings. The zero-order valence-corrected chi connectivity index (χ0v) is 10.5. The highest BCUT2D eigenvalue weighted by Crippen LogP contribution is 2.16. The zero-order chi connectivity index (χ0) is 14.3. The van der Waals surface area contributed by atoms with E-state index in [4.69, 9.17) is 4.74 Å². The number of carboxylic acid groups (broad SMARTS) is 1. The Labute approximate surface area is 110 Å². The lowest BCUT2D eigenvalue weighted by Crippen LogP contribution is -2.24. The van der Waals surface area contributed by atoms with Gasteiger partial charge in [0.25, 0.3) is 0 Å². The lowest BCUT2D eigenvalue weighted by molar-refractivity contribution is -0.305. The zero-order valence-electron chi connectivity index (χ0n) is 10.5. The highest BCUT2D eigenvalue weighted by Gasteiger charge is 2.13. The molecule has 6 nitrogen and oxygen atoms in total. The van der Waals surface area contributed by atoms with E-state index in [-0.39, 0.29) is 25.0 Å². The van der Waals surface area contributed by atoms with E-state index >= 15 is 0 Å². The number of rotatable bonds is 6. The standard InChI is InChI=1S/C13H15NO5/c1-2-19-13(18)9-5-3-4-6-10(9)14-11(15)7-8-12(16)17/h3-6H,2,7-8H2,1H3,(H,14,15)(H,16,17)/p-1. The molecule has 0 bridgehead atoms. The minimum absolute atomic E-state index is 0.209. The number of carbonyl (C=O) groups is 3. The van der Waals surface area contributed by atoms with E-state index in [2.05, 4.69) is 5.32 Å². The molecule has 6 heteroatoms. The van der Waals surface area contributed by atoms with Gasteiger partial charge in [0.2, 0.25) is 5.91 Å². The van der Waals surface area contributed by atoms with Crippen molar-refractivity contribution >= 4 is 23.5 Å². The quantitative estimate of drug-likeness (QED) is 0.747. The van der Waals surface area contributed by atoms with Gasteiger partial charge in [0.1, 0.15) is 0 Å². The second kappa shape index (κ2) is 7.15. The van der Waals surface area contributed by atoms with Crippen molar-refractivity contribution in [2.75, 3.05) is 11.9 Å². The maximum atomic E-state index is 11.6. The summed E-state index contributed by atoms with van der Waals surface area (Å²) in [6.07, 6.45) is -0.576. The minimum atomic E-state index is -1.30. The SMILES string of the molecule is CCOC(=O)c1ccccc1NC(=O)CCC(=O)[O-]. The van der Waals surface area contributed by atoms with Gasteiger partial charge in [-0.05, 0) is 25.5 Å². The van der Waals surface area contributed by atoms with Gasteiger partial charge in [0, 0.05) is 12.4 Å². The Bertz CT molecular complexity index is 484.